The summed E-state index contributed by atoms with van der Waals surface area (Å²) in [6, 6.07) is 0. The van der Waals surface area contributed by atoms with Gasteiger partial charge in [0.05, 0.1) is 5.41 Å². The first-order valence-electron chi connectivity index (χ1n) is 9.32. The van der Waals surface area contributed by atoms with Gasteiger partial charge in [0, 0.05) is 5.41 Å². The molecule has 128 valence electrons. The lowest BCUT2D eigenvalue weighted by molar-refractivity contribution is -0.186. The summed E-state index contributed by atoms with van der Waals surface area (Å²) in [5.41, 5.74) is -0.0512. The lowest BCUT2D eigenvalue weighted by Gasteiger charge is -2.63. The zero-order valence-electron chi connectivity index (χ0n) is 14.4. The molecule has 0 unspecified atom stereocenters. The number of hydrogen-bond acceptors (Lipinski definition) is 1. The fraction of sp³-hybridized carbons (Fsp3) is 0.850. The highest BCUT2D eigenvalue weighted by molar-refractivity contribution is 5.75. The van der Waals surface area contributed by atoms with Crippen molar-refractivity contribution in [2.45, 2.75) is 71.4 Å². The SMILES string of the molecule is C=C1[C@@H]2CC[C@H]3[C@]4(C)CCC[C@@](C)(C(=O)O)[C@H]4CC[C@]3(C2)[C@H]1F. The van der Waals surface area contributed by atoms with Gasteiger partial charge in [-0.1, -0.05) is 19.9 Å². The van der Waals surface area contributed by atoms with Crippen LogP contribution in [0, 0.1) is 34.0 Å². The number of rotatable bonds is 1. The molecule has 4 rings (SSSR count). The molecular formula is C20H29FO2. The van der Waals surface area contributed by atoms with Gasteiger partial charge in [-0.05, 0) is 80.6 Å². The van der Waals surface area contributed by atoms with Gasteiger partial charge in [-0.15, -0.1) is 0 Å². The van der Waals surface area contributed by atoms with E-state index in [0.717, 1.165) is 56.9 Å². The number of carboxylic acid groups (broad SMARTS) is 1. The van der Waals surface area contributed by atoms with Gasteiger partial charge >= 0.3 is 5.97 Å². The molecule has 0 aromatic carbocycles. The second-order valence-corrected chi connectivity index (χ2v) is 9.37. The van der Waals surface area contributed by atoms with Crippen LogP contribution in [-0.4, -0.2) is 17.2 Å². The van der Waals surface area contributed by atoms with Crippen molar-refractivity contribution in [3.8, 4) is 0 Å². The quantitative estimate of drug-likeness (QED) is 0.691. The minimum absolute atomic E-state index is 0.0242. The highest BCUT2D eigenvalue weighted by Crippen LogP contribution is 2.72. The summed E-state index contributed by atoms with van der Waals surface area (Å²) in [4.78, 5) is 12.0. The van der Waals surface area contributed by atoms with Gasteiger partial charge in [0.15, 0.2) is 0 Å². The van der Waals surface area contributed by atoms with Crippen molar-refractivity contribution in [1.29, 1.82) is 0 Å². The Hall–Kier alpha value is -0.860. The Kier molecular flexibility index (Phi) is 3.14. The fourth-order valence-corrected chi connectivity index (χ4v) is 7.57. The number of alkyl halides is 1. The number of halogens is 1. The number of aliphatic carboxylic acids is 1. The van der Waals surface area contributed by atoms with Crippen molar-refractivity contribution in [3.63, 3.8) is 0 Å². The number of fused-ring (bicyclic) bond motifs is 3. The van der Waals surface area contributed by atoms with E-state index in [1.165, 1.54) is 0 Å². The summed E-state index contributed by atoms with van der Waals surface area (Å²) in [6.45, 7) is 8.31. The maximum absolute atomic E-state index is 15.3. The van der Waals surface area contributed by atoms with Crippen LogP contribution >= 0.6 is 0 Å². The smallest absolute Gasteiger partial charge is 0.309 e. The molecule has 4 aliphatic rings. The molecule has 2 bridgehead atoms. The average molecular weight is 320 g/mol. The van der Waals surface area contributed by atoms with E-state index < -0.39 is 17.6 Å². The average Bonchev–Trinajstić information content (AvgIpc) is 2.68. The molecule has 0 heterocycles. The van der Waals surface area contributed by atoms with Crippen molar-refractivity contribution in [3.05, 3.63) is 12.2 Å². The molecule has 7 atom stereocenters. The summed E-state index contributed by atoms with van der Waals surface area (Å²) in [5.74, 6) is 0.245. The van der Waals surface area contributed by atoms with Gasteiger partial charge in [0.25, 0.3) is 0 Å². The molecule has 0 amide bonds. The van der Waals surface area contributed by atoms with Crippen molar-refractivity contribution in [2.75, 3.05) is 0 Å². The molecule has 0 aromatic heterocycles. The third-order valence-corrected chi connectivity index (χ3v) is 8.64. The van der Waals surface area contributed by atoms with Crippen LogP contribution in [0.1, 0.15) is 65.2 Å². The van der Waals surface area contributed by atoms with Crippen LogP contribution in [0.4, 0.5) is 4.39 Å². The van der Waals surface area contributed by atoms with Crippen molar-refractivity contribution in [2.24, 2.45) is 34.0 Å². The molecule has 1 N–H and O–H groups in total. The van der Waals surface area contributed by atoms with E-state index in [9.17, 15) is 9.90 Å². The first-order valence-corrected chi connectivity index (χ1v) is 9.32. The molecule has 0 aromatic rings. The van der Waals surface area contributed by atoms with E-state index in [-0.39, 0.29) is 16.7 Å². The predicted molar refractivity (Wildman–Crippen MR) is 87.7 cm³/mol. The van der Waals surface area contributed by atoms with Gasteiger partial charge in [0.2, 0.25) is 0 Å². The Bertz CT molecular complexity index is 572. The van der Waals surface area contributed by atoms with Crippen molar-refractivity contribution >= 4 is 5.97 Å². The highest BCUT2D eigenvalue weighted by Gasteiger charge is 2.68. The molecule has 3 heteroatoms. The molecule has 23 heavy (non-hydrogen) atoms. The zero-order valence-corrected chi connectivity index (χ0v) is 14.4. The Balaban J connectivity index is 1.78. The molecule has 2 nitrogen and oxygen atoms in total. The second-order valence-electron chi connectivity index (χ2n) is 9.37. The maximum Gasteiger partial charge on any atom is 0.309 e. The molecule has 4 fully saturated rings. The Morgan fingerprint density at radius 3 is 2.61 bits per heavy atom. The summed E-state index contributed by atoms with van der Waals surface area (Å²) >= 11 is 0. The summed E-state index contributed by atoms with van der Waals surface area (Å²) < 4.78 is 15.3. The van der Waals surface area contributed by atoms with Crippen LogP contribution in [0.15, 0.2) is 12.2 Å². The number of hydrogen-bond donors (Lipinski definition) is 1. The monoisotopic (exact) mass is 320 g/mol. The van der Waals surface area contributed by atoms with E-state index in [0.29, 0.717) is 11.8 Å². The summed E-state index contributed by atoms with van der Waals surface area (Å²) in [6.07, 6.45) is 6.75. The van der Waals surface area contributed by atoms with Gasteiger partial charge in [-0.2, -0.15) is 0 Å². The lowest BCUT2D eigenvalue weighted by Crippen LogP contribution is -2.59. The Labute approximate surface area is 138 Å². The van der Waals surface area contributed by atoms with E-state index in [2.05, 4.69) is 13.5 Å². The molecular weight excluding hydrogens is 291 g/mol. The minimum atomic E-state index is -0.865. The maximum atomic E-state index is 15.3. The third-order valence-electron chi connectivity index (χ3n) is 8.64. The van der Waals surface area contributed by atoms with Crippen molar-refractivity contribution < 1.29 is 14.3 Å². The Morgan fingerprint density at radius 2 is 1.91 bits per heavy atom. The van der Waals surface area contributed by atoms with Gasteiger partial charge in [-0.3, -0.25) is 4.79 Å². The Morgan fingerprint density at radius 1 is 1.17 bits per heavy atom. The van der Waals surface area contributed by atoms with Crippen LogP contribution in [-0.2, 0) is 4.79 Å². The van der Waals surface area contributed by atoms with Gasteiger partial charge in [-0.25, -0.2) is 4.39 Å². The second kappa shape index (κ2) is 4.61. The number of carboxylic acids is 1. The third kappa shape index (κ3) is 1.72. The highest BCUT2D eigenvalue weighted by atomic mass is 19.1. The van der Waals surface area contributed by atoms with Crippen LogP contribution in [0.2, 0.25) is 0 Å². The van der Waals surface area contributed by atoms with Crippen LogP contribution in [0.5, 0.6) is 0 Å². The first kappa shape index (κ1) is 15.7. The van der Waals surface area contributed by atoms with Gasteiger partial charge in [0.1, 0.15) is 6.17 Å². The van der Waals surface area contributed by atoms with Crippen LogP contribution < -0.4 is 0 Å². The van der Waals surface area contributed by atoms with E-state index >= 15 is 4.39 Å². The topological polar surface area (TPSA) is 37.3 Å². The number of allylic oxidation sites excluding steroid dienone is 1. The molecule has 4 saturated carbocycles. The van der Waals surface area contributed by atoms with Gasteiger partial charge < -0.3 is 5.11 Å². The molecule has 4 aliphatic carbocycles. The molecule has 1 spiro atoms. The molecule has 0 saturated heterocycles. The standard InChI is InChI=1S/C20H29FO2/c1-12-13-5-6-15-18(2)8-4-9-19(3,17(22)23)14(18)7-10-20(15,11-13)16(12)21/h13-16H,1,4-11H2,2-3H3,(H,22,23)/t13-,14+,15+,16+,18-,19-,20-/m1/s1. The van der Waals surface area contributed by atoms with Crippen LogP contribution in [0.3, 0.4) is 0 Å². The largest absolute Gasteiger partial charge is 0.481 e. The van der Waals surface area contributed by atoms with Crippen molar-refractivity contribution in [1.82, 2.24) is 0 Å². The zero-order chi connectivity index (χ0) is 16.6. The fourth-order valence-electron chi connectivity index (χ4n) is 7.57. The lowest BCUT2D eigenvalue weighted by atomic mass is 9.41. The summed E-state index contributed by atoms with van der Waals surface area (Å²) in [7, 11) is 0. The van der Waals surface area contributed by atoms with E-state index in [1.54, 1.807) is 0 Å². The van der Waals surface area contributed by atoms with Crippen LogP contribution in [0.25, 0.3) is 0 Å². The predicted octanol–water partition coefficient (Wildman–Crippen LogP) is 4.99. The first-order chi connectivity index (χ1) is 10.8. The van der Waals surface area contributed by atoms with E-state index in [1.807, 2.05) is 6.92 Å². The summed E-state index contributed by atoms with van der Waals surface area (Å²) in [5, 5.41) is 9.88. The molecule has 0 radical (unpaired) electrons. The molecule has 0 aliphatic heterocycles. The number of carbonyl (C=O) groups is 1. The minimum Gasteiger partial charge on any atom is -0.481 e. The normalized spacial score (nSPS) is 55.2. The van der Waals surface area contributed by atoms with E-state index in [4.69, 9.17) is 0 Å².